The number of tetrazole rings is 1. The number of aryl methyl sites for hydroxylation is 1. The Kier molecular flexibility index (Phi) is 4.28. The summed E-state index contributed by atoms with van der Waals surface area (Å²) in [5.41, 5.74) is 5.30. The Hall–Kier alpha value is -1.11. The molecule has 6 nitrogen and oxygen atoms in total. The van der Waals surface area contributed by atoms with E-state index in [2.05, 4.69) is 15.5 Å². The lowest BCUT2D eigenvalue weighted by Gasteiger charge is -2.27. The molecule has 2 N–H and O–H groups in total. The molecule has 0 fully saturated rings. The molecule has 1 aromatic rings. The Morgan fingerprint density at radius 2 is 2.25 bits per heavy atom. The van der Waals surface area contributed by atoms with Gasteiger partial charge < -0.3 is 5.73 Å². The molecule has 0 saturated heterocycles. The van der Waals surface area contributed by atoms with Crippen LogP contribution < -0.4 is 5.73 Å². The smallest absolute Gasteiger partial charge is 0.219 e. The van der Waals surface area contributed by atoms with E-state index >= 15 is 0 Å². The fourth-order valence-corrected chi connectivity index (χ4v) is 2.60. The SMILES string of the molecule is CCn1nnnc1C(CC)(CC(N)=O)SC. The second kappa shape index (κ2) is 5.29. The van der Waals surface area contributed by atoms with Gasteiger partial charge in [0.05, 0.1) is 4.75 Å². The molecule has 0 saturated carbocycles. The van der Waals surface area contributed by atoms with Gasteiger partial charge in [-0.1, -0.05) is 6.92 Å². The summed E-state index contributed by atoms with van der Waals surface area (Å²) in [6.07, 6.45) is 2.96. The minimum Gasteiger partial charge on any atom is -0.370 e. The molecular weight excluding hydrogens is 226 g/mol. The predicted molar refractivity (Wildman–Crippen MR) is 62.8 cm³/mol. The van der Waals surface area contributed by atoms with Gasteiger partial charge in [0.1, 0.15) is 0 Å². The fraction of sp³-hybridized carbons (Fsp3) is 0.778. The number of rotatable bonds is 6. The van der Waals surface area contributed by atoms with Gasteiger partial charge >= 0.3 is 0 Å². The zero-order valence-electron chi connectivity index (χ0n) is 9.80. The first-order chi connectivity index (χ1) is 7.59. The molecule has 0 aromatic carbocycles. The minimum absolute atomic E-state index is 0.255. The van der Waals surface area contributed by atoms with Gasteiger partial charge in [-0.15, -0.1) is 16.9 Å². The highest BCUT2D eigenvalue weighted by Gasteiger charge is 2.36. The molecule has 1 atom stereocenters. The topological polar surface area (TPSA) is 86.7 Å². The third-order valence-corrected chi connectivity index (χ3v) is 4.06. The lowest BCUT2D eigenvalue weighted by atomic mass is 10.00. The van der Waals surface area contributed by atoms with E-state index in [4.69, 9.17) is 5.73 Å². The fourth-order valence-electron chi connectivity index (χ4n) is 1.70. The van der Waals surface area contributed by atoms with Crippen molar-refractivity contribution < 1.29 is 4.79 Å². The van der Waals surface area contributed by atoms with Crippen molar-refractivity contribution in [2.75, 3.05) is 6.26 Å². The van der Waals surface area contributed by atoms with Gasteiger partial charge in [-0.2, -0.15) is 0 Å². The summed E-state index contributed by atoms with van der Waals surface area (Å²) < 4.78 is 1.30. The van der Waals surface area contributed by atoms with Crippen LogP contribution in [-0.4, -0.2) is 32.4 Å². The maximum atomic E-state index is 11.2. The number of carbonyl (C=O) groups excluding carboxylic acids is 1. The first-order valence-electron chi connectivity index (χ1n) is 5.19. The molecule has 1 rings (SSSR count). The Morgan fingerprint density at radius 3 is 2.69 bits per heavy atom. The number of carbonyl (C=O) groups is 1. The Balaban J connectivity index is 3.14. The Labute approximate surface area is 99.0 Å². The maximum Gasteiger partial charge on any atom is 0.219 e. The summed E-state index contributed by atoms with van der Waals surface area (Å²) in [6, 6.07) is 0. The van der Waals surface area contributed by atoms with Gasteiger partial charge in [0.15, 0.2) is 5.82 Å². The number of thioether (sulfide) groups is 1. The van der Waals surface area contributed by atoms with Crippen LogP contribution in [0.15, 0.2) is 0 Å². The molecule has 0 spiro atoms. The zero-order valence-corrected chi connectivity index (χ0v) is 10.6. The van der Waals surface area contributed by atoms with E-state index in [9.17, 15) is 4.79 Å². The highest BCUT2D eigenvalue weighted by atomic mass is 32.2. The van der Waals surface area contributed by atoms with Gasteiger partial charge in [-0.25, -0.2) is 4.68 Å². The van der Waals surface area contributed by atoms with Crippen molar-refractivity contribution >= 4 is 17.7 Å². The zero-order chi connectivity index (χ0) is 12.2. The normalized spacial score (nSPS) is 14.7. The van der Waals surface area contributed by atoms with Crippen molar-refractivity contribution in [3.8, 4) is 0 Å². The molecule has 0 bridgehead atoms. The van der Waals surface area contributed by atoms with Crippen molar-refractivity contribution in [2.45, 2.75) is 38.0 Å². The molecule has 1 amide bonds. The molecule has 0 aliphatic carbocycles. The quantitative estimate of drug-likeness (QED) is 0.787. The summed E-state index contributed by atoms with van der Waals surface area (Å²) in [4.78, 5) is 11.2. The molecule has 0 radical (unpaired) electrons. The van der Waals surface area contributed by atoms with E-state index in [1.54, 1.807) is 16.4 Å². The first-order valence-corrected chi connectivity index (χ1v) is 6.42. The standard InChI is InChI=1S/C9H17N5OS/c1-4-9(16-3,6-7(10)15)8-11-12-13-14(8)5-2/h4-6H2,1-3H3,(H2,10,15). The highest BCUT2D eigenvalue weighted by Crippen LogP contribution is 2.39. The molecule has 0 aliphatic heterocycles. The van der Waals surface area contributed by atoms with E-state index in [1.165, 1.54) is 0 Å². The molecule has 7 heteroatoms. The van der Waals surface area contributed by atoms with Crippen LogP contribution in [0.3, 0.4) is 0 Å². The predicted octanol–water partition coefficient (Wildman–Crippen LogP) is 0.537. The van der Waals surface area contributed by atoms with Crippen molar-refractivity contribution in [2.24, 2.45) is 5.73 Å². The van der Waals surface area contributed by atoms with Crippen LogP contribution in [0.25, 0.3) is 0 Å². The van der Waals surface area contributed by atoms with Gasteiger partial charge in [-0.05, 0) is 30.0 Å². The number of amides is 1. The molecule has 90 valence electrons. The highest BCUT2D eigenvalue weighted by molar-refractivity contribution is 7.99. The maximum absolute atomic E-state index is 11.2. The second-order valence-electron chi connectivity index (χ2n) is 3.51. The van der Waals surface area contributed by atoms with Crippen LogP contribution in [0.4, 0.5) is 0 Å². The molecule has 1 aromatic heterocycles. The molecular formula is C9H17N5OS. The monoisotopic (exact) mass is 243 g/mol. The van der Waals surface area contributed by atoms with Crippen molar-refractivity contribution in [3.63, 3.8) is 0 Å². The number of primary amides is 1. The van der Waals surface area contributed by atoms with Gasteiger partial charge in [0.25, 0.3) is 0 Å². The van der Waals surface area contributed by atoms with Crippen LogP contribution >= 0.6 is 11.8 Å². The van der Waals surface area contributed by atoms with Crippen molar-refractivity contribution in [1.82, 2.24) is 20.2 Å². The van der Waals surface area contributed by atoms with E-state index < -0.39 is 4.75 Å². The number of aromatic nitrogens is 4. The largest absolute Gasteiger partial charge is 0.370 e. The van der Waals surface area contributed by atoms with E-state index in [0.29, 0.717) is 6.54 Å². The number of nitrogens with two attached hydrogens (primary N) is 1. The second-order valence-corrected chi connectivity index (χ2v) is 4.70. The Morgan fingerprint density at radius 1 is 1.56 bits per heavy atom. The van der Waals surface area contributed by atoms with Gasteiger partial charge in [0, 0.05) is 13.0 Å². The average molecular weight is 243 g/mol. The Bertz CT molecular complexity index is 361. The van der Waals surface area contributed by atoms with Crippen LogP contribution in [0.5, 0.6) is 0 Å². The first kappa shape index (κ1) is 13.0. The van der Waals surface area contributed by atoms with Crippen LogP contribution in [-0.2, 0) is 16.1 Å². The minimum atomic E-state index is -0.411. The van der Waals surface area contributed by atoms with E-state index in [0.717, 1.165) is 12.2 Å². The van der Waals surface area contributed by atoms with Gasteiger partial charge in [-0.3, -0.25) is 4.79 Å². The molecule has 1 unspecified atom stereocenters. The summed E-state index contributed by atoms with van der Waals surface area (Å²) >= 11 is 1.57. The van der Waals surface area contributed by atoms with Crippen LogP contribution in [0, 0.1) is 0 Å². The summed E-state index contributed by atoms with van der Waals surface area (Å²) in [7, 11) is 0. The number of nitrogens with zero attached hydrogens (tertiary/aromatic N) is 4. The third-order valence-electron chi connectivity index (χ3n) is 2.66. The average Bonchev–Trinajstić information content (AvgIpc) is 2.74. The van der Waals surface area contributed by atoms with E-state index in [-0.39, 0.29) is 12.3 Å². The molecule has 0 aliphatic rings. The number of hydrogen-bond donors (Lipinski definition) is 1. The lowest BCUT2D eigenvalue weighted by molar-refractivity contribution is -0.118. The van der Waals surface area contributed by atoms with Crippen LogP contribution in [0.1, 0.15) is 32.5 Å². The van der Waals surface area contributed by atoms with E-state index in [1.807, 2.05) is 20.1 Å². The molecule has 16 heavy (non-hydrogen) atoms. The summed E-state index contributed by atoms with van der Waals surface area (Å²) in [6.45, 7) is 4.66. The number of hydrogen-bond acceptors (Lipinski definition) is 5. The van der Waals surface area contributed by atoms with Gasteiger partial charge in [0.2, 0.25) is 5.91 Å². The van der Waals surface area contributed by atoms with Crippen molar-refractivity contribution in [3.05, 3.63) is 5.82 Å². The molecule has 1 heterocycles. The lowest BCUT2D eigenvalue weighted by Crippen LogP contribution is -2.31. The van der Waals surface area contributed by atoms with Crippen molar-refractivity contribution in [1.29, 1.82) is 0 Å². The third kappa shape index (κ3) is 2.34. The summed E-state index contributed by atoms with van der Waals surface area (Å²) in [5.74, 6) is 0.394. The van der Waals surface area contributed by atoms with Crippen LogP contribution in [0.2, 0.25) is 0 Å². The summed E-state index contributed by atoms with van der Waals surface area (Å²) in [5, 5.41) is 11.6.